The number of benzene rings is 1. The largest absolute Gasteiger partial charge is 0.242 e. The van der Waals surface area contributed by atoms with Crippen LogP contribution in [0, 0.1) is 32.0 Å². The summed E-state index contributed by atoms with van der Waals surface area (Å²) in [7, 11) is -3.77. The van der Waals surface area contributed by atoms with Crippen molar-refractivity contribution < 1.29 is 12.8 Å². The Morgan fingerprint density at radius 3 is 2.11 bits per heavy atom. The number of rotatable bonds is 3. The number of terminal acetylenes is 1. The lowest BCUT2D eigenvalue weighted by Gasteiger charge is -2.21. The summed E-state index contributed by atoms with van der Waals surface area (Å²) in [5, 5.41) is 0. The molecular formula is C13H16FNO2S. The molecule has 0 bridgehead atoms. The summed E-state index contributed by atoms with van der Waals surface area (Å²) < 4.78 is 40.0. The van der Waals surface area contributed by atoms with Crippen LogP contribution in [0.15, 0.2) is 17.0 Å². The van der Waals surface area contributed by atoms with Crippen molar-refractivity contribution in [2.45, 2.75) is 38.1 Å². The number of hydrogen-bond donors (Lipinski definition) is 1. The highest BCUT2D eigenvalue weighted by molar-refractivity contribution is 7.89. The van der Waals surface area contributed by atoms with Crippen LogP contribution >= 0.6 is 0 Å². The van der Waals surface area contributed by atoms with Crippen molar-refractivity contribution in [1.29, 1.82) is 0 Å². The quantitative estimate of drug-likeness (QED) is 0.854. The van der Waals surface area contributed by atoms with Gasteiger partial charge in [-0.3, -0.25) is 0 Å². The van der Waals surface area contributed by atoms with E-state index in [1.807, 2.05) is 0 Å². The van der Waals surface area contributed by atoms with E-state index in [2.05, 4.69) is 10.6 Å². The van der Waals surface area contributed by atoms with Gasteiger partial charge in [0.05, 0.1) is 10.4 Å². The van der Waals surface area contributed by atoms with Crippen molar-refractivity contribution >= 4 is 10.0 Å². The fourth-order valence-corrected chi connectivity index (χ4v) is 3.54. The van der Waals surface area contributed by atoms with Gasteiger partial charge >= 0.3 is 0 Å². The molecule has 0 unspecified atom stereocenters. The van der Waals surface area contributed by atoms with E-state index in [0.29, 0.717) is 11.1 Å². The SMILES string of the molecule is C#CC(C)(C)NS(=O)(=O)c1c(C)cc(F)cc1C. The van der Waals surface area contributed by atoms with Gasteiger partial charge in [-0.25, -0.2) is 12.8 Å². The molecule has 1 rings (SSSR count). The normalized spacial score (nSPS) is 12.2. The minimum atomic E-state index is -3.77. The molecule has 0 saturated carbocycles. The van der Waals surface area contributed by atoms with Gasteiger partial charge in [-0.2, -0.15) is 4.72 Å². The summed E-state index contributed by atoms with van der Waals surface area (Å²) >= 11 is 0. The number of halogens is 1. The molecule has 18 heavy (non-hydrogen) atoms. The molecule has 5 heteroatoms. The van der Waals surface area contributed by atoms with Gasteiger partial charge in [0.1, 0.15) is 5.82 Å². The van der Waals surface area contributed by atoms with Crippen LogP contribution in [0.3, 0.4) is 0 Å². The fraction of sp³-hybridized carbons (Fsp3) is 0.385. The average molecular weight is 269 g/mol. The summed E-state index contributed by atoms with van der Waals surface area (Å²) in [4.78, 5) is 0.0761. The second-order valence-electron chi connectivity index (χ2n) is 4.74. The molecule has 0 fully saturated rings. The first-order valence-electron chi connectivity index (χ1n) is 5.37. The maximum Gasteiger partial charge on any atom is 0.242 e. The molecule has 1 aromatic rings. The van der Waals surface area contributed by atoms with Gasteiger partial charge in [-0.1, -0.05) is 5.92 Å². The topological polar surface area (TPSA) is 46.2 Å². The number of hydrogen-bond acceptors (Lipinski definition) is 2. The minimum Gasteiger partial charge on any atom is -0.207 e. The molecule has 0 aromatic heterocycles. The van der Waals surface area contributed by atoms with Crippen LogP contribution in [0.5, 0.6) is 0 Å². The molecular weight excluding hydrogens is 253 g/mol. The van der Waals surface area contributed by atoms with Crippen LogP contribution in [-0.2, 0) is 10.0 Å². The van der Waals surface area contributed by atoms with Crippen molar-refractivity contribution in [3.8, 4) is 12.3 Å². The molecule has 1 N–H and O–H groups in total. The van der Waals surface area contributed by atoms with E-state index in [0.717, 1.165) is 0 Å². The fourth-order valence-electron chi connectivity index (χ4n) is 1.74. The van der Waals surface area contributed by atoms with Crippen LogP contribution < -0.4 is 4.72 Å². The molecule has 0 radical (unpaired) electrons. The third-order valence-corrected chi connectivity index (χ3v) is 4.40. The molecule has 0 amide bonds. The van der Waals surface area contributed by atoms with Gasteiger partial charge in [0.15, 0.2) is 0 Å². The maximum atomic E-state index is 13.2. The predicted octanol–water partition coefficient (Wildman–Crippen LogP) is 2.13. The lowest BCUT2D eigenvalue weighted by molar-refractivity contribution is 0.537. The monoisotopic (exact) mass is 269 g/mol. The van der Waals surface area contributed by atoms with Crippen molar-refractivity contribution in [2.75, 3.05) is 0 Å². The van der Waals surface area contributed by atoms with Gasteiger partial charge in [-0.05, 0) is 51.0 Å². The first kappa shape index (κ1) is 14.7. The number of aryl methyl sites for hydroxylation is 2. The summed E-state index contributed by atoms with van der Waals surface area (Å²) in [6.07, 6.45) is 5.25. The van der Waals surface area contributed by atoms with Crippen molar-refractivity contribution in [3.05, 3.63) is 29.1 Å². The van der Waals surface area contributed by atoms with Crippen LogP contribution in [0.25, 0.3) is 0 Å². The first-order chi connectivity index (χ1) is 8.09. The van der Waals surface area contributed by atoms with Crippen LogP contribution in [0.4, 0.5) is 4.39 Å². The minimum absolute atomic E-state index is 0.0761. The zero-order valence-corrected chi connectivity index (χ0v) is 11.7. The Balaban J connectivity index is 3.36. The second kappa shape index (κ2) is 4.71. The zero-order chi connectivity index (χ0) is 14.1. The molecule has 98 valence electrons. The summed E-state index contributed by atoms with van der Waals surface area (Å²) in [5.41, 5.74) is -0.285. The van der Waals surface area contributed by atoms with E-state index < -0.39 is 21.4 Å². The van der Waals surface area contributed by atoms with Gasteiger partial charge in [-0.15, -0.1) is 6.42 Å². The highest BCUT2D eigenvalue weighted by Gasteiger charge is 2.27. The lowest BCUT2D eigenvalue weighted by atomic mass is 10.1. The van der Waals surface area contributed by atoms with Crippen LogP contribution in [0.1, 0.15) is 25.0 Å². The smallest absolute Gasteiger partial charge is 0.207 e. The van der Waals surface area contributed by atoms with Gasteiger partial charge in [0, 0.05) is 0 Å². The lowest BCUT2D eigenvalue weighted by Crippen LogP contribution is -2.42. The van der Waals surface area contributed by atoms with Crippen molar-refractivity contribution in [3.63, 3.8) is 0 Å². The molecule has 0 saturated heterocycles. The Bertz CT molecular complexity index is 589. The average Bonchev–Trinajstić information content (AvgIpc) is 2.13. The zero-order valence-electron chi connectivity index (χ0n) is 10.8. The van der Waals surface area contributed by atoms with E-state index in [-0.39, 0.29) is 4.90 Å². The van der Waals surface area contributed by atoms with Crippen LogP contribution in [0.2, 0.25) is 0 Å². The molecule has 0 heterocycles. The number of nitrogens with one attached hydrogen (secondary N) is 1. The summed E-state index contributed by atoms with van der Waals surface area (Å²) in [6, 6.07) is 2.37. The molecule has 0 spiro atoms. The summed E-state index contributed by atoms with van der Waals surface area (Å²) in [6.45, 7) is 6.26. The highest BCUT2D eigenvalue weighted by atomic mass is 32.2. The highest BCUT2D eigenvalue weighted by Crippen LogP contribution is 2.22. The molecule has 3 nitrogen and oxygen atoms in total. The number of sulfonamides is 1. The Kier molecular flexibility index (Phi) is 3.84. The molecule has 1 aromatic carbocycles. The first-order valence-corrected chi connectivity index (χ1v) is 6.86. The molecule has 0 aliphatic carbocycles. The van der Waals surface area contributed by atoms with Crippen molar-refractivity contribution in [2.24, 2.45) is 0 Å². The van der Waals surface area contributed by atoms with E-state index in [1.54, 1.807) is 27.7 Å². The predicted molar refractivity (Wildman–Crippen MR) is 69.1 cm³/mol. The summed E-state index contributed by atoms with van der Waals surface area (Å²) in [5.74, 6) is 1.89. The molecule has 0 aliphatic heterocycles. The van der Waals surface area contributed by atoms with E-state index in [9.17, 15) is 12.8 Å². The van der Waals surface area contributed by atoms with Gasteiger partial charge < -0.3 is 0 Å². The third-order valence-electron chi connectivity index (χ3n) is 2.44. The van der Waals surface area contributed by atoms with E-state index in [1.165, 1.54) is 12.1 Å². The Labute approximate surface area is 107 Å². The maximum absolute atomic E-state index is 13.2. The van der Waals surface area contributed by atoms with E-state index >= 15 is 0 Å². The third kappa shape index (κ3) is 3.09. The second-order valence-corrected chi connectivity index (χ2v) is 6.36. The van der Waals surface area contributed by atoms with Crippen LogP contribution in [-0.4, -0.2) is 14.0 Å². The molecule has 0 aliphatic rings. The van der Waals surface area contributed by atoms with Crippen molar-refractivity contribution in [1.82, 2.24) is 4.72 Å². The molecule has 0 atom stereocenters. The van der Waals surface area contributed by atoms with Gasteiger partial charge in [0.25, 0.3) is 0 Å². The Morgan fingerprint density at radius 1 is 1.28 bits per heavy atom. The Morgan fingerprint density at radius 2 is 1.72 bits per heavy atom. The van der Waals surface area contributed by atoms with E-state index in [4.69, 9.17) is 6.42 Å². The van der Waals surface area contributed by atoms with Gasteiger partial charge in [0.2, 0.25) is 10.0 Å². The Hall–Kier alpha value is -1.38. The standard InChI is InChI=1S/C13H16FNO2S/c1-6-13(4,5)15-18(16,17)12-9(2)7-11(14)8-10(12)3/h1,7-8,15H,2-5H3.